The van der Waals surface area contributed by atoms with Crippen molar-refractivity contribution in [3.05, 3.63) is 70.9 Å². The summed E-state index contributed by atoms with van der Waals surface area (Å²) in [7, 11) is 0. The monoisotopic (exact) mass is 449 g/mol. The predicted octanol–water partition coefficient (Wildman–Crippen LogP) is 5.45. The Bertz CT molecular complexity index is 811. The minimum atomic E-state index is -1.05. The summed E-state index contributed by atoms with van der Waals surface area (Å²) in [5.41, 5.74) is 0.136. The molecule has 0 aliphatic heterocycles. The lowest BCUT2D eigenvalue weighted by molar-refractivity contribution is -0.388. The summed E-state index contributed by atoms with van der Waals surface area (Å²) in [5.74, 6) is -1.59. The van der Waals surface area contributed by atoms with Gasteiger partial charge < -0.3 is 0 Å². The van der Waals surface area contributed by atoms with Gasteiger partial charge in [0.2, 0.25) is 5.82 Å². The van der Waals surface area contributed by atoms with E-state index in [-0.39, 0.29) is 25.1 Å². The van der Waals surface area contributed by atoms with E-state index in [1.165, 1.54) is 0 Å². The van der Waals surface area contributed by atoms with Gasteiger partial charge in [0, 0.05) is 10.0 Å². The van der Waals surface area contributed by atoms with Crippen molar-refractivity contribution < 1.29 is 14.1 Å². The van der Waals surface area contributed by atoms with E-state index in [2.05, 4.69) is 31.9 Å². The Morgan fingerprint density at radius 2 is 1.95 bits per heavy atom. The molecule has 0 spiro atoms. The van der Waals surface area contributed by atoms with Crippen LogP contribution in [-0.4, -0.2) is 10.7 Å². The summed E-state index contributed by atoms with van der Waals surface area (Å²) >= 11 is 12.0. The Kier molecular flexibility index (Phi) is 4.99. The van der Waals surface area contributed by atoms with Gasteiger partial charge >= 0.3 is 5.69 Å². The lowest BCUT2D eigenvalue weighted by Gasteiger charge is -2.10. The SMILES string of the molecule is Cc1ccc(Cl)c(C(=O)c2c(Br)cc(F)c([N+](=O)[O-])c2Br)c1. The average Bonchev–Trinajstić information content (AvgIpc) is 2.40. The van der Waals surface area contributed by atoms with Gasteiger partial charge in [-0.3, -0.25) is 14.9 Å². The first kappa shape index (κ1) is 17.1. The van der Waals surface area contributed by atoms with E-state index in [4.69, 9.17) is 11.6 Å². The van der Waals surface area contributed by atoms with Crippen LogP contribution in [0, 0.1) is 22.9 Å². The summed E-state index contributed by atoms with van der Waals surface area (Å²) in [6, 6.07) is 5.75. The molecule has 2 aromatic carbocycles. The van der Waals surface area contributed by atoms with Crippen LogP contribution in [0.15, 0.2) is 33.2 Å². The molecule has 0 atom stereocenters. The molecule has 0 amide bonds. The van der Waals surface area contributed by atoms with Crippen molar-refractivity contribution in [2.45, 2.75) is 6.92 Å². The lowest BCUT2D eigenvalue weighted by Crippen LogP contribution is -2.08. The molecular formula is C14H7Br2ClFNO3. The topological polar surface area (TPSA) is 60.2 Å². The van der Waals surface area contributed by atoms with Gasteiger partial charge in [-0.1, -0.05) is 23.2 Å². The molecule has 114 valence electrons. The van der Waals surface area contributed by atoms with E-state index in [1.807, 2.05) is 0 Å². The second kappa shape index (κ2) is 6.44. The van der Waals surface area contributed by atoms with Crippen molar-refractivity contribution in [2.24, 2.45) is 0 Å². The molecule has 0 fully saturated rings. The summed E-state index contributed by atoms with van der Waals surface area (Å²) in [6.07, 6.45) is 0. The van der Waals surface area contributed by atoms with Crippen molar-refractivity contribution in [1.29, 1.82) is 0 Å². The third kappa shape index (κ3) is 3.06. The molecule has 0 saturated carbocycles. The highest BCUT2D eigenvalue weighted by Crippen LogP contribution is 2.38. The normalized spacial score (nSPS) is 10.6. The van der Waals surface area contributed by atoms with Crippen LogP contribution in [0.4, 0.5) is 10.1 Å². The molecule has 4 nitrogen and oxygen atoms in total. The highest BCUT2D eigenvalue weighted by atomic mass is 79.9. The Balaban J connectivity index is 2.72. The predicted molar refractivity (Wildman–Crippen MR) is 88.1 cm³/mol. The number of rotatable bonds is 3. The molecule has 0 bridgehead atoms. The molecule has 0 aromatic heterocycles. The Morgan fingerprint density at radius 1 is 1.32 bits per heavy atom. The molecule has 0 heterocycles. The van der Waals surface area contributed by atoms with Crippen LogP contribution in [0.3, 0.4) is 0 Å². The van der Waals surface area contributed by atoms with E-state index in [0.29, 0.717) is 0 Å². The maximum Gasteiger partial charge on any atom is 0.319 e. The number of carbonyl (C=O) groups excluding carboxylic acids is 1. The number of carbonyl (C=O) groups is 1. The largest absolute Gasteiger partial charge is 0.319 e. The number of nitrogens with zero attached hydrogens (tertiary/aromatic N) is 1. The van der Waals surface area contributed by atoms with E-state index in [9.17, 15) is 19.3 Å². The second-order valence-corrected chi connectivity index (χ2v) is 6.50. The van der Waals surface area contributed by atoms with Crippen LogP contribution in [0.2, 0.25) is 5.02 Å². The van der Waals surface area contributed by atoms with E-state index >= 15 is 0 Å². The van der Waals surface area contributed by atoms with Gasteiger partial charge in [-0.05, 0) is 57.0 Å². The van der Waals surface area contributed by atoms with Crippen LogP contribution in [0.1, 0.15) is 21.5 Å². The first-order chi connectivity index (χ1) is 10.2. The number of hydrogen-bond donors (Lipinski definition) is 0. The van der Waals surface area contributed by atoms with Crippen LogP contribution in [0.25, 0.3) is 0 Å². The van der Waals surface area contributed by atoms with Crippen molar-refractivity contribution in [1.82, 2.24) is 0 Å². The fraction of sp³-hybridized carbons (Fsp3) is 0.0714. The maximum absolute atomic E-state index is 13.7. The first-order valence-electron chi connectivity index (χ1n) is 5.86. The van der Waals surface area contributed by atoms with Crippen molar-refractivity contribution in [2.75, 3.05) is 0 Å². The van der Waals surface area contributed by atoms with Crippen molar-refractivity contribution in [3.63, 3.8) is 0 Å². The molecule has 0 N–H and O–H groups in total. The Morgan fingerprint density at radius 3 is 2.55 bits per heavy atom. The minimum Gasteiger partial charge on any atom is -0.288 e. The fourth-order valence-electron chi connectivity index (χ4n) is 1.90. The number of nitro benzene ring substituents is 1. The number of halogens is 4. The molecule has 2 rings (SSSR count). The van der Waals surface area contributed by atoms with Gasteiger partial charge in [0.1, 0.15) is 4.47 Å². The van der Waals surface area contributed by atoms with Gasteiger partial charge in [0.05, 0.1) is 15.5 Å². The highest BCUT2D eigenvalue weighted by Gasteiger charge is 2.29. The van der Waals surface area contributed by atoms with E-state index in [0.717, 1.165) is 11.6 Å². The van der Waals surface area contributed by atoms with Gasteiger partial charge in [-0.15, -0.1) is 0 Å². The minimum absolute atomic E-state index is 0.0550. The van der Waals surface area contributed by atoms with E-state index < -0.39 is 22.2 Å². The number of hydrogen-bond acceptors (Lipinski definition) is 3. The zero-order valence-electron chi connectivity index (χ0n) is 11.0. The third-order valence-electron chi connectivity index (χ3n) is 2.92. The molecule has 0 unspecified atom stereocenters. The zero-order chi connectivity index (χ0) is 16.6. The Labute approximate surface area is 146 Å². The summed E-state index contributed by atoms with van der Waals surface area (Å²) in [6.45, 7) is 1.78. The van der Waals surface area contributed by atoms with Crippen molar-refractivity contribution in [3.8, 4) is 0 Å². The first-order valence-corrected chi connectivity index (χ1v) is 7.83. The average molecular weight is 451 g/mol. The fourth-order valence-corrected chi connectivity index (χ4v) is 3.68. The lowest BCUT2D eigenvalue weighted by atomic mass is 10.0. The zero-order valence-corrected chi connectivity index (χ0v) is 14.9. The van der Waals surface area contributed by atoms with Gasteiger partial charge in [-0.2, -0.15) is 4.39 Å². The van der Waals surface area contributed by atoms with E-state index in [1.54, 1.807) is 25.1 Å². The number of aryl methyl sites for hydroxylation is 1. The molecule has 8 heteroatoms. The number of ketones is 1. The van der Waals surface area contributed by atoms with Gasteiger partial charge in [-0.25, -0.2) is 0 Å². The number of benzene rings is 2. The Hall–Kier alpha value is -1.31. The molecule has 0 aliphatic rings. The van der Waals surface area contributed by atoms with Gasteiger partial charge in [0.25, 0.3) is 0 Å². The van der Waals surface area contributed by atoms with Crippen LogP contribution < -0.4 is 0 Å². The molecule has 2 aromatic rings. The quantitative estimate of drug-likeness (QED) is 0.354. The second-order valence-electron chi connectivity index (χ2n) is 4.45. The highest BCUT2D eigenvalue weighted by molar-refractivity contribution is 9.11. The smallest absolute Gasteiger partial charge is 0.288 e. The van der Waals surface area contributed by atoms with Crippen LogP contribution >= 0.6 is 43.5 Å². The summed E-state index contributed by atoms with van der Waals surface area (Å²) < 4.78 is 13.6. The standard InChI is InChI=1S/C14H7Br2ClFNO3/c1-6-2-3-9(17)7(4-6)14(20)11-8(15)5-10(18)13(12(11)16)19(21)22/h2-5H,1H3. The van der Waals surface area contributed by atoms with Gasteiger partial charge in [0.15, 0.2) is 5.78 Å². The number of nitro groups is 1. The van der Waals surface area contributed by atoms with Crippen molar-refractivity contribution >= 4 is 54.9 Å². The van der Waals surface area contributed by atoms with Crippen LogP contribution in [-0.2, 0) is 0 Å². The molecule has 0 radical (unpaired) electrons. The molecule has 0 aliphatic carbocycles. The molecule has 0 saturated heterocycles. The molecule has 22 heavy (non-hydrogen) atoms. The summed E-state index contributed by atoms with van der Waals surface area (Å²) in [5, 5.41) is 11.2. The maximum atomic E-state index is 13.7. The summed E-state index contributed by atoms with van der Waals surface area (Å²) in [4.78, 5) is 22.7. The molecular weight excluding hydrogens is 444 g/mol. The third-order valence-corrected chi connectivity index (χ3v) is 4.65. The van der Waals surface area contributed by atoms with Crippen LogP contribution in [0.5, 0.6) is 0 Å².